The molecule has 0 radical (unpaired) electrons. The number of aromatic nitrogens is 1. The molecule has 0 unspecified atom stereocenters. The van der Waals surface area contributed by atoms with Crippen LogP contribution < -0.4 is 16.0 Å². The molecule has 0 aliphatic heterocycles. The fourth-order valence-electron chi connectivity index (χ4n) is 2.09. The third-order valence-electron chi connectivity index (χ3n) is 3.21. The first-order chi connectivity index (χ1) is 11.6. The van der Waals surface area contributed by atoms with Gasteiger partial charge in [0.05, 0.1) is 16.6 Å². The van der Waals surface area contributed by atoms with Crippen molar-refractivity contribution in [2.24, 2.45) is 5.73 Å². The number of carbonyl (C=O) groups excluding carboxylic acids is 1. The number of primary amides is 1. The Morgan fingerprint density at radius 3 is 2.28 bits per heavy atom. The van der Waals surface area contributed by atoms with Crippen LogP contribution in [-0.2, 0) is 12.7 Å². The molecule has 25 heavy (non-hydrogen) atoms. The number of hydrogen-bond donors (Lipinski definition) is 1. The second-order valence-corrected chi connectivity index (χ2v) is 5.66. The van der Waals surface area contributed by atoms with Crippen LogP contribution in [0.1, 0.15) is 16.1 Å². The van der Waals surface area contributed by atoms with Crippen LogP contribution in [0.5, 0.6) is 5.75 Å². The zero-order valence-electron chi connectivity index (χ0n) is 12.4. The number of ether oxygens (including phenoxy) is 1. The molecule has 0 saturated heterocycles. The van der Waals surface area contributed by atoms with Crippen LogP contribution in [0, 0.1) is 0 Å². The summed E-state index contributed by atoms with van der Waals surface area (Å²) in [6.45, 7) is -0.828. The summed E-state index contributed by atoms with van der Waals surface area (Å²) in [5.41, 5.74) is 2.07. The number of nitrogens with zero attached hydrogens (tertiary/aromatic N) is 1. The molecule has 2 rings (SSSR count). The predicted molar refractivity (Wildman–Crippen MR) is 86.2 cm³/mol. The summed E-state index contributed by atoms with van der Waals surface area (Å²) >= 11 is 11.8. The third-order valence-corrected chi connectivity index (χ3v) is 3.81. The minimum Gasteiger partial charge on any atom is -0.489 e. The molecule has 1 aromatic heterocycles. The molecule has 10 heteroatoms. The fourth-order valence-corrected chi connectivity index (χ4v) is 2.60. The van der Waals surface area contributed by atoms with E-state index < -0.39 is 35.4 Å². The second kappa shape index (κ2) is 7.37. The average Bonchev–Trinajstić information content (AvgIpc) is 2.49. The largest absolute Gasteiger partial charge is 0.489 e. The van der Waals surface area contributed by atoms with E-state index >= 15 is 0 Å². The van der Waals surface area contributed by atoms with Crippen molar-refractivity contribution in [1.29, 1.82) is 0 Å². The van der Waals surface area contributed by atoms with E-state index in [1.54, 1.807) is 6.07 Å². The van der Waals surface area contributed by atoms with Crippen molar-refractivity contribution in [3.8, 4) is 5.75 Å². The van der Waals surface area contributed by atoms with Crippen molar-refractivity contribution in [3.63, 3.8) is 0 Å². The summed E-state index contributed by atoms with van der Waals surface area (Å²) in [5, 5.41) is 0.337. The molecule has 0 bridgehead atoms. The second-order valence-electron chi connectivity index (χ2n) is 4.85. The molecule has 1 amide bonds. The molecule has 2 N–H and O–H groups in total. The third kappa shape index (κ3) is 4.26. The number of carbonyl (C=O) groups is 1. The van der Waals surface area contributed by atoms with Crippen molar-refractivity contribution in [3.05, 3.63) is 62.0 Å². The van der Waals surface area contributed by atoms with Crippen LogP contribution >= 0.6 is 23.2 Å². The van der Waals surface area contributed by atoms with E-state index in [2.05, 4.69) is 0 Å². The fraction of sp³-hybridized carbons (Fsp3) is 0.200. The average molecular weight is 395 g/mol. The number of halogens is 5. The quantitative estimate of drug-likeness (QED) is 0.844. The molecule has 1 aromatic carbocycles. The zero-order chi connectivity index (χ0) is 18.8. The van der Waals surface area contributed by atoms with Gasteiger partial charge in [-0.25, -0.2) is 0 Å². The Labute approximate surface area is 149 Å². The van der Waals surface area contributed by atoms with E-state index in [-0.39, 0.29) is 22.4 Å². The van der Waals surface area contributed by atoms with E-state index in [0.717, 1.165) is 6.07 Å². The Kier molecular flexibility index (Phi) is 5.64. The van der Waals surface area contributed by atoms with Crippen LogP contribution in [0.3, 0.4) is 0 Å². The highest BCUT2D eigenvalue weighted by Gasteiger charge is 2.35. The van der Waals surface area contributed by atoms with Gasteiger partial charge in [0.2, 0.25) is 0 Å². The Morgan fingerprint density at radius 1 is 1.16 bits per heavy atom. The van der Waals surface area contributed by atoms with Gasteiger partial charge in [0, 0.05) is 0 Å². The number of amides is 1. The van der Waals surface area contributed by atoms with Gasteiger partial charge >= 0.3 is 6.18 Å². The molecule has 1 heterocycles. The summed E-state index contributed by atoms with van der Waals surface area (Å²) in [6.07, 6.45) is -4.79. The maximum atomic E-state index is 13.1. The van der Waals surface area contributed by atoms with E-state index in [4.69, 9.17) is 33.7 Å². The SMILES string of the molecule is NC(=O)c1ccc(C(F)(F)F)n(CCOc2c(Cl)cccc2Cl)c1=O. The number of rotatable bonds is 5. The van der Waals surface area contributed by atoms with Crippen LogP contribution in [0.4, 0.5) is 13.2 Å². The maximum absolute atomic E-state index is 13.1. The zero-order valence-corrected chi connectivity index (χ0v) is 14.0. The van der Waals surface area contributed by atoms with Gasteiger partial charge in [-0.1, -0.05) is 29.3 Å². The highest BCUT2D eigenvalue weighted by molar-refractivity contribution is 6.37. The molecule has 0 atom stereocenters. The molecule has 0 spiro atoms. The monoisotopic (exact) mass is 394 g/mol. The lowest BCUT2D eigenvalue weighted by molar-refractivity contribution is -0.144. The number of para-hydroxylation sites is 1. The number of alkyl halides is 3. The lowest BCUT2D eigenvalue weighted by Gasteiger charge is -2.17. The molecule has 0 aliphatic carbocycles. The Bertz CT molecular complexity index is 846. The first-order valence-corrected chi connectivity index (χ1v) is 7.56. The summed E-state index contributed by atoms with van der Waals surface area (Å²) in [7, 11) is 0. The lowest BCUT2D eigenvalue weighted by atomic mass is 10.2. The van der Waals surface area contributed by atoms with Gasteiger partial charge in [-0.3, -0.25) is 9.59 Å². The van der Waals surface area contributed by atoms with Gasteiger partial charge in [-0.2, -0.15) is 13.2 Å². The van der Waals surface area contributed by atoms with Gasteiger partial charge in [0.25, 0.3) is 11.5 Å². The number of nitrogens with two attached hydrogens (primary N) is 1. The predicted octanol–water partition coefficient (Wildman–Crippen LogP) is 3.35. The maximum Gasteiger partial charge on any atom is 0.431 e. The van der Waals surface area contributed by atoms with Gasteiger partial charge < -0.3 is 15.0 Å². The summed E-state index contributed by atoms with van der Waals surface area (Å²) in [4.78, 5) is 23.3. The standard InChI is InChI=1S/C15H11Cl2F3N2O3/c16-9-2-1-3-10(17)12(9)25-7-6-22-11(15(18,19)20)5-4-8(13(21)23)14(22)24/h1-5H,6-7H2,(H2,21,23). The van der Waals surface area contributed by atoms with Crippen LogP contribution in [0.2, 0.25) is 10.0 Å². The van der Waals surface area contributed by atoms with Gasteiger partial charge in [0.15, 0.2) is 5.75 Å². The topological polar surface area (TPSA) is 74.3 Å². The molecular formula is C15H11Cl2F3N2O3. The summed E-state index contributed by atoms with van der Waals surface area (Å²) < 4.78 is 44.9. The number of hydrogen-bond acceptors (Lipinski definition) is 3. The molecule has 2 aromatic rings. The van der Waals surface area contributed by atoms with Crippen molar-refractivity contribution < 1.29 is 22.7 Å². The molecule has 0 aliphatic rings. The van der Waals surface area contributed by atoms with Gasteiger partial charge in [-0.15, -0.1) is 0 Å². The minimum absolute atomic E-state index is 0.0819. The van der Waals surface area contributed by atoms with E-state index in [1.807, 2.05) is 0 Å². The van der Waals surface area contributed by atoms with Gasteiger partial charge in [0.1, 0.15) is 17.9 Å². The van der Waals surface area contributed by atoms with E-state index in [0.29, 0.717) is 10.6 Å². The Hall–Kier alpha value is -2.19. The van der Waals surface area contributed by atoms with E-state index in [9.17, 15) is 22.8 Å². The Morgan fingerprint density at radius 2 is 1.76 bits per heavy atom. The number of benzene rings is 1. The normalized spacial score (nSPS) is 11.4. The van der Waals surface area contributed by atoms with Crippen LogP contribution in [0.15, 0.2) is 35.1 Å². The van der Waals surface area contributed by atoms with Crippen molar-refractivity contribution >= 4 is 29.1 Å². The van der Waals surface area contributed by atoms with Crippen LogP contribution in [-0.4, -0.2) is 17.1 Å². The first kappa shape index (κ1) is 19.1. The molecule has 0 saturated carbocycles. The van der Waals surface area contributed by atoms with Crippen LogP contribution in [0.25, 0.3) is 0 Å². The minimum atomic E-state index is -4.79. The first-order valence-electron chi connectivity index (χ1n) is 6.80. The molecule has 5 nitrogen and oxygen atoms in total. The van der Waals surface area contributed by atoms with Gasteiger partial charge in [-0.05, 0) is 24.3 Å². The highest BCUT2D eigenvalue weighted by atomic mass is 35.5. The number of pyridine rings is 1. The summed E-state index contributed by atoms with van der Waals surface area (Å²) in [5.74, 6) is -1.04. The highest BCUT2D eigenvalue weighted by Crippen LogP contribution is 2.32. The molecular weight excluding hydrogens is 384 g/mol. The molecule has 0 fully saturated rings. The smallest absolute Gasteiger partial charge is 0.431 e. The van der Waals surface area contributed by atoms with E-state index in [1.165, 1.54) is 12.1 Å². The molecule has 134 valence electrons. The lowest BCUT2D eigenvalue weighted by Crippen LogP contribution is -2.35. The Balaban J connectivity index is 2.33. The van der Waals surface area contributed by atoms with Crippen molar-refractivity contribution in [2.75, 3.05) is 6.61 Å². The summed E-state index contributed by atoms with van der Waals surface area (Å²) in [6, 6.07) is 5.91. The van der Waals surface area contributed by atoms with Crippen molar-refractivity contribution in [2.45, 2.75) is 12.7 Å². The van der Waals surface area contributed by atoms with Crippen molar-refractivity contribution in [1.82, 2.24) is 4.57 Å².